The van der Waals surface area contributed by atoms with E-state index in [4.69, 9.17) is 11.6 Å². The van der Waals surface area contributed by atoms with E-state index in [0.717, 1.165) is 32.5 Å². The number of hydrogen-bond donors (Lipinski definition) is 0. The fourth-order valence-electron chi connectivity index (χ4n) is 2.33. The van der Waals surface area contributed by atoms with E-state index in [9.17, 15) is 9.59 Å². The fourth-order valence-corrected chi connectivity index (χ4v) is 2.63. The van der Waals surface area contributed by atoms with Gasteiger partial charge in [-0.2, -0.15) is 0 Å². The summed E-state index contributed by atoms with van der Waals surface area (Å²) >= 11 is 5.90. The van der Waals surface area contributed by atoms with Gasteiger partial charge < -0.3 is 9.80 Å². The van der Waals surface area contributed by atoms with Gasteiger partial charge in [0, 0.05) is 39.0 Å². The molecule has 4 nitrogen and oxygen atoms in total. The number of carbonyl (C=O) groups is 2. The fraction of sp³-hybridized carbons (Fsp3) is 0.818. The van der Waals surface area contributed by atoms with Crippen LogP contribution < -0.4 is 0 Å². The van der Waals surface area contributed by atoms with Gasteiger partial charge in [-0.1, -0.05) is 0 Å². The van der Waals surface area contributed by atoms with Crippen molar-refractivity contribution in [3.8, 4) is 0 Å². The first-order chi connectivity index (χ1) is 7.66. The number of halogens is 1. The third-order valence-corrected chi connectivity index (χ3v) is 3.49. The minimum atomic E-state index is -0.0269. The lowest BCUT2D eigenvalue weighted by atomic mass is 10.3. The topological polar surface area (TPSA) is 40.6 Å². The molecule has 2 heterocycles. The molecule has 5 heteroatoms. The zero-order valence-corrected chi connectivity index (χ0v) is 10.1. The quantitative estimate of drug-likeness (QED) is 0.688. The Kier molecular flexibility index (Phi) is 3.69. The molecule has 0 aromatic heterocycles. The standard InChI is InChI=1S/C11H17ClN2O2/c12-9-7-11(16)14(8-9)6-2-5-13-4-1-3-10(13)15/h9H,1-8H2. The maximum absolute atomic E-state index is 11.4. The van der Waals surface area contributed by atoms with E-state index in [0.29, 0.717) is 19.4 Å². The van der Waals surface area contributed by atoms with E-state index in [2.05, 4.69) is 0 Å². The second kappa shape index (κ2) is 5.04. The van der Waals surface area contributed by atoms with Crippen molar-refractivity contribution in [1.82, 2.24) is 9.80 Å². The van der Waals surface area contributed by atoms with E-state index in [1.54, 1.807) is 4.90 Å². The van der Waals surface area contributed by atoms with Crippen LogP contribution in [0.5, 0.6) is 0 Å². The summed E-state index contributed by atoms with van der Waals surface area (Å²) in [7, 11) is 0. The van der Waals surface area contributed by atoms with Gasteiger partial charge in [-0.3, -0.25) is 9.59 Å². The molecule has 0 spiro atoms. The monoisotopic (exact) mass is 244 g/mol. The second-order valence-corrected chi connectivity index (χ2v) is 5.10. The molecule has 90 valence electrons. The Morgan fingerprint density at radius 2 is 1.94 bits per heavy atom. The largest absolute Gasteiger partial charge is 0.343 e. The number of rotatable bonds is 4. The lowest BCUT2D eigenvalue weighted by Crippen LogP contribution is -2.31. The van der Waals surface area contributed by atoms with Crippen LogP contribution in [0.2, 0.25) is 0 Å². The van der Waals surface area contributed by atoms with Crippen molar-refractivity contribution < 1.29 is 9.59 Å². The van der Waals surface area contributed by atoms with Gasteiger partial charge in [0.2, 0.25) is 11.8 Å². The molecule has 0 saturated carbocycles. The number of nitrogens with zero attached hydrogens (tertiary/aromatic N) is 2. The normalized spacial score (nSPS) is 25.9. The molecule has 2 aliphatic rings. The summed E-state index contributed by atoms with van der Waals surface area (Å²) < 4.78 is 0. The molecule has 2 aliphatic heterocycles. The molecule has 2 amide bonds. The SMILES string of the molecule is O=C1CCCN1CCCN1CC(Cl)CC1=O. The Balaban J connectivity index is 1.68. The molecule has 2 rings (SSSR count). The minimum Gasteiger partial charge on any atom is -0.343 e. The molecule has 0 N–H and O–H groups in total. The van der Waals surface area contributed by atoms with Crippen LogP contribution in [0.25, 0.3) is 0 Å². The lowest BCUT2D eigenvalue weighted by Gasteiger charge is -2.19. The summed E-state index contributed by atoms with van der Waals surface area (Å²) in [5.41, 5.74) is 0. The van der Waals surface area contributed by atoms with Gasteiger partial charge in [0.25, 0.3) is 0 Å². The van der Waals surface area contributed by atoms with Crippen molar-refractivity contribution in [3.05, 3.63) is 0 Å². The van der Waals surface area contributed by atoms with Gasteiger partial charge in [0.15, 0.2) is 0 Å². The molecular formula is C11H17ClN2O2. The molecule has 0 aliphatic carbocycles. The smallest absolute Gasteiger partial charge is 0.224 e. The van der Waals surface area contributed by atoms with Crippen molar-refractivity contribution >= 4 is 23.4 Å². The van der Waals surface area contributed by atoms with Crippen molar-refractivity contribution in [2.75, 3.05) is 26.2 Å². The third-order valence-electron chi connectivity index (χ3n) is 3.19. The van der Waals surface area contributed by atoms with Crippen molar-refractivity contribution in [2.24, 2.45) is 0 Å². The lowest BCUT2D eigenvalue weighted by molar-refractivity contribution is -0.128. The van der Waals surface area contributed by atoms with E-state index < -0.39 is 0 Å². The zero-order valence-electron chi connectivity index (χ0n) is 9.32. The highest BCUT2D eigenvalue weighted by atomic mass is 35.5. The van der Waals surface area contributed by atoms with Gasteiger partial charge in [-0.05, 0) is 12.8 Å². The van der Waals surface area contributed by atoms with E-state index >= 15 is 0 Å². The molecule has 1 atom stereocenters. The van der Waals surface area contributed by atoms with Crippen LogP contribution in [0.4, 0.5) is 0 Å². The Hall–Kier alpha value is -0.770. The molecule has 2 saturated heterocycles. The Labute approximate surface area is 101 Å². The highest BCUT2D eigenvalue weighted by molar-refractivity contribution is 6.22. The first-order valence-corrected chi connectivity index (χ1v) is 6.30. The van der Waals surface area contributed by atoms with Gasteiger partial charge in [-0.25, -0.2) is 0 Å². The molecule has 0 aromatic rings. The molecule has 1 unspecified atom stereocenters. The minimum absolute atomic E-state index is 0.0269. The van der Waals surface area contributed by atoms with E-state index in [1.165, 1.54) is 0 Å². The maximum Gasteiger partial charge on any atom is 0.224 e. The maximum atomic E-state index is 11.4. The van der Waals surface area contributed by atoms with E-state index in [1.807, 2.05) is 4.90 Å². The Morgan fingerprint density at radius 1 is 1.19 bits per heavy atom. The van der Waals surface area contributed by atoms with Crippen molar-refractivity contribution in [2.45, 2.75) is 31.1 Å². The molecule has 2 fully saturated rings. The number of carbonyl (C=O) groups excluding carboxylic acids is 2. The summed E-state index contributed by atoms with van der Waals surface area (Å²) in [6, 6.07) is 0. The number of hydrogen-bond acceptors (Lipinski definition) is 2. The molecule has 16 heavy (non-hydrogen) atoms. The predicted octanol–water partition coefficient (Wildman–Crippen LogP) is 0.839. The van der Waals surface area contributed by atoms with Crippen molar-refractivity contribution in [1.29, 1.82) is 0 Å². The summed E-state index contributed by atoms with van der Waals surface area (Å²) in [4.78, 5) is 26.5. The third kappa shape index (κ3) is 2.67. The number of alkyl halides is 1. The Morgan fingerprint density at radius 3 is 2.50 bits per heavy atom. The first kappa shape index (κ1) is 11.7. The summed E-state index contributed by atoms with van der Waals surface area (Å²) in [6.07, 6.45) is 2.99. The van der Waals surface area contributed by atoms with Crippen LogP contribution in [-0.4, -0.2) is 53.2 Å². The second-order valence-electron chi connectivity index (χ2n) is 4.48. The average molecular weight is 245 g/mol. The molecule has 0 radical (unpaired) electrons. The zero-order chi connectivity index (χ0) is 11.5. The summed E-state index contributed by atoms with van der Waals surface area (Å²) in [5, 5.41) is -0.0269. The average Bonchev–Trinajstić information content (AvgIpc) is 2.75. The molecule has 0 bridgehead atoms. The van der Waals surface area contributed by atoms with E-state index in [-0.39, 0.29) is 17.2 Å². The van der Waals surface area contributed by atoms with Crippen LogP contribution in [0.1, 0.15) is 25.7 Å². The van der Waals surface area contributed by atoms with Gasteiger partial charge in [0.1, 0.15) is 0 Å². The van der Waals surface area contributed by atoms with Crippen LogP contribution >= 0.6 is 11.6 Å². The van der Waals surface area contributed by atoms with Crippen LogP contribution in [0, 0.1) is 0 Å². The highest BCUT2D eigenvalue weighted by Crippen LogP contribution is 2.17. The molecule has 0 aromatic carbocycles. The summed E-state index contributed by atoms with van der Waals surface area (Å²) in [6.45, 7) is 3.04. The number of amides is 2. The van der Waals surface area contributed by atoms with Crippen LogP contribution in [0.15, 0.2) is 0 Å². The van der Waals surface area contributed by atoms with Gasteiger partial charge in [-0.15, -0.1) is 11.6 Å². The highest BCUT2D eigenvalue weighted by Gasteiger charge is 2.27. The Bertz CT molecular complexity index is 296. The van der Waals surface area contributed by atoms with Crippen LogP contribution in [0.3, 0.4) is 0 Å². The molecular weight excluding hydrogens is 228 g/mol. The van der Waals surface area contributed by atoms with Crippen LogP contribution in [-0.2, 0) is 9.59 Å². The first-order valence-electron chi connectivity index (χ1n) is 5.86. The van der Waals surface area contributed by atoms with Crippen molar-refractivity contribution in [3.63, 3.8) is 0 Å². The van der Waals surface area contributed by atoms with Gasteiger partial charge in [0.05, 0.1) is 5.38 Å². The predicted molar refractivity (Wildman–Crippen MR) is 61.3 cm³/mol. The van der Waals surface area contributed by atoms with Gasteiger partial charge >= 0.3 is 0 Å². The number of likely N-dealkylation sites (tertiary alicyclic amines) is 2. The summed E-state index contributed by atoms with van der Waals surface area (Å²) in [5.74, 6) is 0.399.